The average molecular weight is 761 g/mol. The van der Waals surface area contributed by atoms with E-state index in [-0.39, 0.29) is 24.8 Å². The second-order valence-corrected chi connectivity index (χ2v) is 44.3. The van der Waals surface area contributed by atoms with Crippen LogP contribution < -0.4 is 0 Å². The van der Waals surface area contributed by atoms with Crippen LogP contribution in [0.15, 0.2) is 146 Å². The van der Waals surface area contributed by atoms with Gasteiger partial charge in [-0.15, -0.1) is 24.8 Å². The Balaban J connectivity index is 0.00000201. The zero-order valence-corrected chi connectivity index (χ0v) is 32.6. The molecule has 6 heteroatoms. The minimum absolute atomic E-state index is 0. The first-order valence-electron chi connectivity index (χ1n) is 16.1. The molecular weight excluding hydrogens is 723 g/mol. The van der Waals surface area contributed by atoms with Crippen molar-refractivity contribution in [2.24, 2.45) is 0 Å². The van der Waals surface area contributed by atoms with E-state index in [0.717, 1.165) is 11.4 Å². The molecule has 2 atom stereocenters. The Kier molecular flexibility index (Phi) is 9.50. The van der Waals surface area contributed by atoms with Gasteiger partial charge in [-0.1, -0.05) is 0 Å². The molecule has 6 aromatic rings. The summed E-state index contributed by atoms with van der Waals surface area (Å²) in [6, 6.07) is 48.4. The molecule has 0 spiro atoms. The Hall–Kier alpha value is -3.66. The average Bonchev–Trinajstić information content (AvgIpc) is 3.71. The third-order valence-corrected chi connectivity index (χ3v) is 27.3. The number of pyridine rings is 2. The summed E-state index contributed by atoms with van der Waals surface area (Å²) in [4.78, 5) is 9.60. The zero-order valence-electron chi connectivity index (χ0n) is 27.1. The standard InChI is InChI=1S/2C20H14N.2CH3.2ClH.H2Si.Zr/c2*1-2-7-15(8-3-1)17-13-16-9-6-10-18(19(16)14-17)20-11-4-5-12-21-20;;;;;;/h2*1-14H;2*1H3;2*1H;1H2;. The monoisotopic (exact) mass is 758 g/mol. The molecule has 2 heterocycles. The Morgan fingerprint density at radius 2 is 0.875 bits per heavy atom. The van der Waals surface area contributed by atoms with Crippen molar-refractivity contribution in [1.82, 2.24) is 9.97 Å². The quantitative estimate of drug-likeness (QED) is 0.158. The van der Waals surface area contributed by atoms with Crippen molar-refractivity contribution < 1.29 is 17.4 Å². The summed E-state index contributed by atoms with van der Waals surface area (Å²) in [7, 11) is 0. The van der Waals surface area contributed by atoms with Crippen LogP contribution in [0.25, 0.3) is 45.8 Å². The number of rotatable bonds is 6. The summed E-state index contributed by atoms with van der Waals surface area (Å²) in [5, 5.41) is 0. The van der Waals surface area contributed by atoms with E-state index < -0.39 is 17.4 Å². The van der Waals surface area contributed by atoms with Crippen molar-refractivity contribution in [3.05, 3.63) is 179 Å². The number of halogens is 2. The van der Waals surface area contributed by atoms with Crippen molar-refractivity contribution >= 4 is 55.0 Å². The second kappa shape index (κ2) is 13.3. The number of nitrogens with zero attached hydrogens (tertiary/aromatic N) is 2. The van der Waals surface area contributed by atoms with Gasteiger partial charge in [0.1, 0.15) is 0 Å². The van der Waals surface area contributed by atoms with Gasteiger partial charge in [-0.2, -0.15) is 0 Å². The third-order valence-electron chi connectivity index (χ3n) is 10.1. The van der Waals surface area contributed by atoms with Crippen LogP contribution in [0.5, 0.6) is 0 Å². The fourth-order valence-corrected chi connectivity index (χ4v) is 26.8. The molecule has 8 rings (SSSR count). The van der Waals surface area contributed by atoms with Crippen LogP contribution >= 0.6 is 24.8 Å². The number of benzene rings is 4. The summed E-state index contributed by atoms with van der Waals surface area (Å²) >= 11 is -4.00. The molecule has 2 aliphatic rings. The molecule has 48 heavy (non-hydrogen) atoms. The van der Waals surface area contributed by atoms with E-state index in [2.05, 4.69) is 150 Å². The molecule has 2 nitrogen and oxygen atoms in total. The maximum absolute atomic E-state index is 4.80. The summed E-state index contributed by atoms with van der Waals surface area (Å²) in [5.74, 6) is 0. The van der Waals surface area contributed by atoms with E-state index in [1.165, 1.54) is 55.7 Å². The Morgan fingerprint density at radius 3 is 1.25 bits per heavy atom. The first-order chi connectivity index (χ1) is 22.4. The van der Waals surface area contributed by atoms with Crippen molar-refractivity contribution in [3.63, 3.8) is 0 Å². The van der Waals surface area contributed by atoms with Crippen molar-refractivity contribution in [1.29, 1.82) is 0 Å². The van der Waals surface area contributed by atoms with Crippen LogP contribution in [-0.4, -0.2) is 16.8 Å². The van der Waals surface area contributed by atoms with Crippen molar-refractivity contribution in [2.75, 3.05) is 0 Å². The summed E-state index contributed by atoms with van der Waals surface area (Å²) in [6.07, 6.45) is 8.81. The van der Waals surface area contributed by atoms with Gasteiger partial charge < -0.3 is 0 Å². The van der Waals surface area contributed by atoms with E-state index in [9.17, 15) is 0 Å². The molecule has 0 aliphatic heterocycles. The molecule has 0 amide bonds. The van der Waals surface area contributed by atoms with Crippen LogP contribution in [0.2, 0.25) is 9.26 Å². The van der Waals surface area contributed by atoms with E-state index in [4.69, 9.17) is 9.97 Å². The fourth-order valence-electron chi connectivity index (χ4n) is 8.27. The molecule has 0 saturated heterocycles. The Bertz CT molecular complexity index is 2070. The van der Waals surface area contributed by atoms with E-state index in [0.29, 0.717) is 7.25 Å². The number of fused-ring (bicyclic) bond motifs is 2. The van der Waals surface area contributed by atoms with Gasteiger partial charge in [-0.05, 0) is 0 Å². The molecule has 0 fully saturated rings. The predicted octanol–water partition coefficient (Wildman–Crippen LogP) is 10.9. The van der Waals surface area contributed by atoms with E-state index >= 15 is 0 Å². The van der Waals surface area contributed by atoms with Crippen molar-refractivity contribution in [3.8, 4) is 22.5 Å². The first kappa shape index (κ1) is 34.2. The number of hydrogen-bond donors (Lipinski definition) is 0. The molecular formula is C42H38Cl2N2SiZr. The topological polar surface area (TPSA) is 25.8 Å². The van der Waals surface area contributed by atoms with Gasteiger partial charge in [0.15, 0.2) is 0 Å². The normalized spacial score (nSPS) is 16.5. The van der Waals surface area contributed by atoms with Gasteiger partial charge >= 0.3 is 276 Å². The molecule has 2 unspecified atom stereocenters. The summed E-state index contributed by atoms with van der Waals surface area (Å²) in [6.45, 7) is 2.39. The van der Waals surface area contributed by atoms with Crippen LogP contribution in [0.3, 0.4) is 0 Å². The Morgan fingerprint density at radius 1 is 0.479 bits per heavy atom. The minimum atomic E-state index is -4.00. The first-order valence-corrected chi connectivity index (χ1v) is 29.8. The molecule has 4 aromatic carbocycles. The number of hydrogen-bond acceptors (Lipinski definition) is 2. The summed E-state index contributed by atoms with van der Waals surface area (Å²) in [5.41, 5.74) is 15.6. The van der Waals surface area contributed by atoms with Gasteiger partial charge in [-0.3, -0.25) is 0 Å². The third kappa shape index (κ3) is 5.73. The fraction of sp³-hybridized carbons (Fsp3) is 0.0952. The van der Waals surface area contributed by atoms with E-state index in [1.54, 1.807) is 0 Å². The Labute approximate surface area is 298 Å². The molecule has 238 valence electrons. The van der Waals surface area contributed by atoms with Crippen LogP contribution in [-0.2, 0) is 17.4 Å². The second-order valence-electron chi connectivity index (χ2n) is 13.8. The van der Waals surface area contributed by atoms with Crippen LogP contribution in [0.4, 0.5) is 0 Å². The van der Waals surface area contributed by atoms with Gasteiger partial charge in [0.2, 0.25) is 0 Å². The summed E-state index contributed by atoms with van der Waals surface area (Å²) < 4.78 is 6.08. The molecule has 2 aromatic heterocycles. The van der Waals surface area contributed by atoms with Gasteiger partial charge in [0.25, 0.3) is 0 Å². The van der Waals surface area contributed by atoms with Crippen molar-refractivity contribution in [2.45, 2.75) is 16.5 Å². The number of aromatic nitrogens is 2. The maximum atomic E-state index is 4.80. The SMILES string of the molecule is Cl.Cl.[CH3][Zr]([CH3])(=[SiH2])([CH]1C(c2ccccc2)=Cc2c(-c3ccccn3)cccc21)[CH]1C(c2ccccc2)=Cc2c(-c3ccccn3)cccc21. The van der Waals surface area contributed by atoms with Gasteiger partial charge in [0.05, 0.1) is 0 Å². The van der Waals surface area contributed by atoms with Gasteiger partial charge in [0, 0.05) is 0 Å². The van der Waals surface area contributed by atoms with Crippen LogP contribution in [0.1, 0.15) is 40.6 Å². The number of allylic oxidation sites excluding steroid dienone is 2. The van der Waals surface area contributed by atoms with E-state index in [1.807, 2.05) is 24.5 Å². The van der Waals surface area contributed by atoms with Gasteiger partial charge in [-0.25, -0.2) is 0 Å². The zero-order chi connectivity index (χ0) is 31.3. The molecule has 0 saturated carbocycles. The predicted molar refractivity (Wildman–Crippen MR) is 208 cm³/mol. The molecule has 0 radical (unpaired) electrons. The van der Waals surface area contributed by atoms with Crippen LogP contribution in [0, 0.1) is 0 Å². The molecule has 0 N–H and O–H groups in total. The molecule has 2 aliphatic carbocycles. The molecule has 0 bridgehead atoms.